The molecule has 2 aliphatic rings. The zero-order chi connectivity index (χ0) is 21.7. The van der Waals surface area contributed by atoms with Crippen molar-refractivity contribution in [1.82, 2.24) is 14.5 Å². The summed E-state index contributed by atoms with van der Waals surface area (Å²) in [5.41, 5.74) is 1.10. The number of amides is 1. The fourth-order valence-corrected chi connectivity index (χ4v) is 5.65. The maximum atomic E-state index is 14.3. The standard InChI is InChI=1S/C22H21FN4O3S/c1-26-18-14(15(11-28)19(26)20(29)25-22-24-8-9-31-22)10-27-17(18)7-6-13(21(27)30)12-4-2-3-5-16(12)23/h2-9,14-15,18-19,28H,10-11H2,1H3,(H,24,25,29)/t14-,15-,18+,19-/m1/s1. The molecule has 0 radical (unpaired) electrons. The van der Waals surface area contributed by atoms with Gasteiger partial charge in [-0.25, -0.2) is 9.37 Å². The Balaban J connectivity index is 1.50. The first-order valence-electron chi connectivity index (χ1n) is 10.0. The average Bonchev–Trinajstić information content (AvgIpc) is 3.45. The molecule has 1 aromatic carbocycles. The lowest BCUT2D eigenvalue weighted by Crippen LogP contribution is -2.44. The number of carbonyl (C=O) groups is 1. The van der Waals surface area contributed by atoms with Crippen molar-refractivity contribution in [2.24, 2.45) is 11.8 Å². The van der Waals surface area contributed by atoms with Gasteiger partial charge in [-0.15, -0.1) is 11.3 Å². The minimum atomic E-state index is -0.543. The van der Waals surface area contributed by atoms with Gasteiger partial charge in [0, 0.05) is 47.8 Å². The molecule has 2 aliphatic heterocycles. The minimum Gasteiger partial charge on any atom is -0.396 e. The lowest BCUT2D eigenvalue weighted by atomic mass is 9.88. The molecule has 0 aliphatic carbocycles. The summed E-state index contributed by atoms with van der Waals surface area (Å²) in [5, 5.41) is 15.3. The van der Waals surface area contributed by atoms with Crippen LogP contribution in [0, 0.1) is 17.7 Å². The number of nitrogens with one attached hydrogen (secondary N) is 1. The summed E-state index contributed by atoms with van der Waals surface area (Å²) in [7, 11) is 1.84. The number of pyridine rings is 1. The lowest BCUT2D eigenvalue weighted by Gasteiger charge is -2.26. The van der Waals surface area contributed by atoms with E-state index in [1.165, 1.54) is 17.4 Å². The number of rotatable bonds is 4. The average molecular weight is 441 g/mol. The molecule has 0 unspecified atom stereocenters. The summed E-state index contributed by atoms with van der Waals surface area (Å²) >= 11 is 1.33. The van der Waals surface area contributed by atoms with Crippen LogP contribution >= 0.6 is 11.3 Å². The normalized spacial score (nSPS) is 24.7. The van der Waals surface area contributed by atoms with E-state index in [-0.39, 0.29) is 41.5 Å². The molecule has 0 spiro atoms. The van der Waals surface area contributed by atoms with Gasteiger partial charge in [0.05, 0.1) is 17.6 Å². The van der Waals surface area contributed by atoms with E-state index in [0.717, 1.165) is 5.69 Å². The summed E-state index contributed by atoms with van der Waals surface area (Å²) in [6.45, 7) is 0.197. The van der Waals surface area contributed by atoms with Crippen LogP contribution in [0.2, 0.25) is 0 Å². The smallest absolute Gasteiger partial charge is 0.258 e. The maximum Gasteiger partial charge on any atom is 0.258 e. The van der Waals surface area contributed by atoms with Gasteiger partial charge in [0.2, 0.25) is 5.91 Å². The van der Waals surface area contributed by atoms with E-state index in [4.69, 9.17) is 0 Å². The van der Waals surface area contributed by atoms with Gasteiger partial charge in [-0.1, -0.05) is 18.2 Å². The van der Waals surface area contributed by atoms with Crippen LogP contribution in [0.25, 0.3) is 11.1 Å². The number of likely N-dealkylation sites (tertiary alicyclic amines) is 1. The highest BCUT2D eigenvalue weighted by Crippen LogP contribution is 2.48. The molecule has 1 fully saturated rings. The number of aliphatic hydroxyl groups is 1. The van der Waals surface area contributed by atoms with Crippen LogP contribution in [0.3, 0.4) is 0 Å². The van der Waals surface area contributed by atoms with E-state index in [0.29, 0.717) is 17.2 Å². The molecule has 9 heteroatoms. The van der Waals surface area contributed by atoms with Gasteiger partial charge in [0.25, 0.3) is 5.56 Å². The number of likely N-dealkylation sites (N-methyl/N-ethyl adjacent to an activating group) is 1. The van der Waals surface area contributed by atoms with Crippen LogP contribution in [-0.2, 0) is 11.3 Å². The Bertz CT molecular complexity index is 1200. The summed E-state index contributed by atoms with van der Waals surface area (Å²) in [4.78, 5) is 32.2. The summed E-state index contributed by atoms with van der Waals surface area (Å²) in [6, 6.07) is 8.97. The van der Waals surface area contributed by atoms with Crippen molar-refractivity contribution in [2.75, 3.05) is 19.0 Å². The van der Waals surface area contributed by atoms with Gasteiger partial charge in [0.15, 0.2) is 5.13 Å². The van der Waals surface area contributed by atoms with Gasteiger partial charge >= 0.3 is 0 Å². The molecule has 1 saturated heterocycles. The van der Waals surface area contributed by atoms with Crippen molar-refractivity contribution < 1.29 is 14.3 Å². The number of anilines is 1. The van der Waals surface area contributed by atoms with Gasteiger partial charge < -0.3 is 15.0 Å². The molecule has 5 rings (SSSR count). The second-order valence-electron chi connectivity index (χ2n) is 7.96. The predicted molar refractivity (Wildman–Crippen MR) is 115 cm³/mol. The molecule has 3 aromatic rings. The third kappa shape index (κ3) is 3.12. The quantitative estimate of drug-likeness (QED) is 0.650. The molecule has 2 N–H and O–H groups in total. The molecule has 1 amide bonds. The zero-order valence-electron chi connectivity index (χ0n) is 16.7. The van der Waals surface area contributed by atoms with Crippen LogP contribution in [-0.4, -0.2) is 45.2 Å². The third-order valence-electron chi connectivity index (χ3n) is 6.45. The SMILES string of the molecule is CN1[C@@H]2c3ccc(-c4ccccc4F)c(=O)n3C[C@@H]2[C@@H](CO)[C@@H]1C(=O)Nc1nccs1. The molecule has 160 valence electrons. The molecule has 31 heavy (non-hydrogen) atoms. The number of fused-ring (bicyclic) bond motifs is 3. The van der Waals surface area contributed by atoms with E-state index in [2.05, 4.69) is 10.3 Å². The molecule has 4 atom stereocenters. The molecule has 7 nitrogen and oxygen atoms in total. The fourth-order valence-electron chi connectivity index (χ4n) is 5.12. The number of benzene rings is 1. The van der Waals surface area contributed by atoms with Crippen LogP contribution in [0.4, 0.5) is 9.52 Å². The number of aliphatic hydroxyl groups excluding tert-OH is 1. The zero-order valence-corrected chi connectivity index (χ0v) is 17.6. The van der Waals surface area contributed by atoms with Crippen LogP contribution < -0.4 is 10.9 Å². The molecule has 4 heterocycles. The topological polar surface area (TPSA) is 87.5 Å². The van der Waals surface area contributed by atoms with Gasteiger partial charge in [-0.3, -0.25) is 14.5 Å². The lowest BCUT2D eigenvalue weighted by molar-refractivity contribution is -0.122. The highest BCUT2D eigenvalue weighted by Gasteiger charge is 2.54. The number of hydrogen-bond acceptors (Lipinski definition) is 6. The number of nitrogens with zero attached hydrogens (tertiary/aromatic N) is 3. The summed E-state index contributed by atoms with van der Waals surface area (Å²) in [5.74, 6) is -1.11. The van der Waals surface area contributed by atoms with Crippen molar-refractivity contribution in [3.05, 3.63) is 69.8 Å². The molecular weight excluding hydrogens is 419 g/mol. The Morgan fingerprint density at radius 1 is 1.29 bits per heavy atom. The first kappa shape index (κ1) is 20.0. The van der Waals surface area contributed by atoms with Gasteiger partial charge in [-0.2, -0.15) is 0 Å². The minimum absolute atomic E-state index is 0.106. The van der Waals surface area contributed by atoms with Crippen molar-refractivity contribution in [2.45, 2.75) is 18.6 Å². The maximum absolute atomic E-state index is 14.3. The number of carbonyl (C=O) groups excluding carboxylic acids is 1. The van der Waals surface area contributed by atoms with E-state index in [1.807, 2.05) is 18.0 Å². The Morgan fingerprint density at radius 2 is 2.10 bits per heavy atom. The fraction of sp³-hybridized carbons (Fsp3) is 0.318. The van der Waals surface area contributed by atoms with E-state index in [9.17, 15) is 19.1 Å². The van der Waals surface area contributed by atoms with Crippen molar-refractivity contribution in [1.29, 1.82) is 0 Å². The van der Waals surface area contributed by atoms with E-state index in [1.54, 1.807) is 40.4 Å². The summed E-state index contributed by atoms with van der Waals surface area (Å²) < 4.78 is 15.9. The Morgan fingerprint density at radius 3 is 2.81 bits per heavy atom. The second-order valence-corrected chi connectivity index (χ2v) is 8.85. The van der Waals surface area contributed by atoms with Crippen LogP contribution in [0.15, 0.2) is 52.8 Å². The monoisotopic (exact) mass is 440 g/mol. The molecular formula is C22H21FN4O3S. The molecule has 2 aromatic heterocycles. The van der Waals surface area contributed by atoms with Gasteiger partial charge in [-0.05, 0) is 25.2 Å². The molecule has 0 bridgehead atoms. The third-order valence-corrected chi connectivity index (χ3v) is 7.14. The number of aromatic nitrogens is 2. The van der Waals surface area contributed by atoms with E-state index < -0.39 is 11.9 Å². The van der Waals surface area contributed by atoms with Gasteiger partial charge in [0.1, 0.15) is 5.82 Å². The molecule has 0 saturated carbocycles. The highest BCUT2D eigenvalue weighted by atomic mass is 32.1. The first-order valence-corrected chi connectivity index (χ1v) is 10.9. The second kappa shape index (κ2) is 7.67. The van der Waals surface area contributed by atoms with Crippen LogP contribution in [0.5, 0.6) is 0 Å². The number of hydrogen-bond donors (Lipinski definition) is 2. The summed E-state index contributed by atoms with van der Waals surface area (Å²) in [6.07, 6.45) is 1.62. The largest absolute Gasteiger partial charge is 0.396 e. The van der Waals surface area contributed by atoms with Crippen molar-refractivity contribution in [3.8, 4) is 11.1 Å². The highest BCUT2D eigenvalue weighted by molar-refractivity contribution is 7.13. The predicted octanol–water partition coefficient (Wildman–Crippen LogP) is 2.34. The number of thiazole rings is 1. The first-order chi connectivity index (χ1) is 15.0. The van der Waals surface area contributed by atoms with Crippen molar-refractivity contribution in [3.63, 3.8) is 0 Å². The van der Waals surface area contributed by atoms with E-state index >= 15 is 0 Å². The Hall–Kier alpha value is -2.88. The van der Waals surface area contributed by atoms with Crippen molar-refractivity contribution >= 4 is 22.4 Å². The Labute approximate surface area is 181 Å². The number of halogens is 1. The van der Waals surface area contributed by atoms with Crippen LogP contribution in [0.1, 0.15) is 11.7 Å². The Kier molecular flexibility index (Phi) is 4.96.